The molecule has 0 spiro atoms. The Bertz CT molecular complexity index is 906. The van der Waals surface area contributed by atoms with Crippen LogP contribution in [0.15, 0.2) is 46.6 Å². The lowest BCUT2D eigenvalue weighted by Gasteiger charge is -2.13. The third-order valence-corrected chi connectivity index (χ3v) is 4.60. The molecule has 130 valence electrons. The molecule has 0 saturated carbocycles. The zero-order chi connectivity index (χ0) is 17.6. The van der Waals surface area contributed by atoms with Gasteiger partial charge in [0.1, 0.15) is 0 Å². The number of carbonyl (C=O) groups excluding carboxylic acids is 1. The summed E-state index contributed by atoms with van der Waals surface area (Å²) >= 11 is 1.18. The fraction of sp³-hybridized carbons (Fsp3) is 0.294. The summed E-state index contributed by atoms with van der Waals surface area (Å²) in [5.41, 5.74) is 1.65. The summed E-state index contributed by atoms with van der Waals surface area (Å²) in [6.07, 6.45) is 3.21. The number of hydrogen-bond acceptors (Lipinski definition) is 5. The molecule has 7 nitrogen and oxygen atoms in total. The number of aromatic nitrogens is 4. The average molecular weight is 357 g/mol. The SMILES string of the molecule is C[C@@H](CCc1ccccc1)NC(=O)CSc1nc2nc[nH]c2c(=O)[nH]1. The minimum atomic E-state index is -0.290. The van der Waals surface area contributed by atoms with Crippen molar-refractivity contribution in [3.8, 4) is 0 Å². The molecule has 0 aliphatic carbocycles. The Morgan fingerprint density at radius 2 is 2.12 bits per heavy atom. The zero-order valence-electron chi connectivity index (χ0n) is 13.8. The third-order valence-electron chi connectivity index (χ3n) is 3.73. The van der Waals surface area contributed by atoms with Crippen LogP contribution in [0.2, 0.25) is 0 Å². The van der Waals surface area contributed by atoms with Crippen molar-refractivity contribution < 1.29 is 4.79 Å². The molecule has 0 bridgehead atoms. The van der Waals surface area contributed by atoms with E-state index < -0.39 is 0 Å². The van der Waals surface area contributed by atoms with E-state index in [0.29, 0.717) is 16.3 Å². The number of nitrogens with zero attached hydrogens (tertiary/aromatic N) is 2. The Morgan fingerprint density at radius 1 is 1.32 bits per heavy atom. The van der Waals surface area contributed by atoms with Crippen LogP contribution in [0.1, 0.15) is 18.9 Å². The average Bonchev–Trinajstić information content (AvgIpc) is 3.08. The fourth-order valence-corrected chi connectivity index (χ4v) is 3.11. The zero-order valence-corrected chi connectivity index (χ0v) is 14.6. The molecule has 3 rings (SSSR count). The van der Waals surface area contributed by atoms with Gasteiger partial charge in [0.05, 0.1) is 12.1 Å². The lowest BCUT2D eigenvalue weighted by Crippen LogP contribution is -2.34. The molecule has 8 heteroatoms. The largest absolute Gasteiger partial charge is 0.353 e. The van der Waals surface area contributed by atoms with Gasteiger partial charge in [-0.1, -0.05) is 42.1 Å². The van der Waals surface area contributed by atoms with Crippen LogP contribution < -0.4 is 10.9 Å². The van der Waals surface area contributed by atoms with Gasteiger partial charge >= 0.3 is 0 Å². The number of thioether (sulfide) groups is 1. The van der Waals surface area contributed by atoms with Crippen LogP contribution >= 0.6 is 11.8 Å². The summed E-state index contributed by atoms with van der Waals surface area (Å²) in [5, 5.41) is 3.35. The number of amides is 1. The van der Waals surface area contributed by atoms with Gasteiger partial charge in [-0.25, -0.2) is 9.97 Å². The first-order valence-electron chi connectivity index (χ1n) is 8.01. The van der Waals surface area contributed by atoms with E-state index in [1.807, 2.05) is 25.1 Å². The fourth-order valence-electron chi connectivity index (χ4n) is 2.44. The molecule has 25 heavy (non-hydrogen) atoms. The van der Waals surface area contributed by atoms with E-state index in [9.17, 15) is 9.59 Å². The molecule has 0 radical (unpaired) electrons. The molecule has 2 aromatic heterocycles. The topological polar surface area (TPSA) is 104 Å². The second-order valence-corrected chi connectivity index (χ2v) is 6.72. The van der Waals surface area contributed by atoms with E-state index in [1.165, 1.54) is 23.7 Å². The van der Waals surface area contributed by atoms with Gasteiger partial charge in [-0.05, 0) is 25.3 Å². The standard InChI is InChI=1S/C17H19N5O2S/c1-11(7-8-12-5-3-2-4-6-12)20-13(23)9-25-17-21-15-14(16(24)22-17)18-10-19-15/h2-6,10-11H,7-9H2,1H3,(H,20,23)(H2,18,19,21,22,24)/t11-/m0/s1. The lowest BCUT2D eigenvalue weighted by molar-refractivity contribution is -0.119. The maximum atomic E-state index is 12.1. The van der Waals surface area contributed by atoms with Crippen LogP contribution in [-0.2, 0) is 11.2 Å². The number of imidazole rings is 1. The lowest BCUT2D eigenvalue weighted by atomic mass is 10.1. The summed E-state index contributed by atoms with van der Waals surface area (Å²) < 4.78 is 0. The number of benzene rings is 1. The molecule has 0 fully saturated rings. The number of fused-ring (bicyclic) bond motifs is 1. The highest BCUT2D eigenvalue weighted by Gasteiger charge is 2.11. The Hall–Kier alpha value is -2.61. The molecule has 1 aromatic carbocycles. The van der Waals surface area contributed by atoms with Crippen LogP contribution in [0.3, 0.4) is 0 Å². The predicted octanol–water partition coefficient (Wildman–Crippen LogP) is 1.88. The van der Waals surface area contributed by atoms with Crippen molar-refractivity contribution in [1.82, 2.24) is 25.3 Å². The summed E-state index contributed by atoms with van der Waals surface area (Å²) in [6, 6.07) is 10.3. The summed E-state index contributed by atoms with van der Waals surface area (Å²) in [4.78, 5) is 37.4. The Balaban J connectivity index is 1.47. The highest BCUT2D eigenvalue weighted by molar-refractivity contribution is 7.99. The van der Waals surface area contributed by atoms with Crippen molar-refractivity contribution in [3.05, 3.63) is 52.6 Å². The van der Waals surface area contributed by atoms with Gasteiger partial charge in [0, 0.05) is 6.04 Å². The highest BCUT2D eigenvalue weighted by atomic mass is 32.2. The number of nitrogens with one attached hydrogen (secondary N) is 3. The molecule has 0 unspecified atom stereocenters. The van der Waals surface area contributed by atoms with Gasteiger partial charge in [-0.3, -0.25) is 14.6 Å². The van der Waals surface area contributed by atoms with E-state index >= 15 is 0 Å². The van der Waals surface area contributed by atoms with Crippen LogP contribution in [0.25, 0.3) is 11.2 Å². The van der Waals surface area contributed by atoms with Crippen molar-refractivity contribution in [3.63, 3.8) is 0 Å². The third kappa shape index (κ3) is 4.69. The molecule has 0 aliphatic heterocycles. The number of hydrogen-bond donors (Lipinski definition) is 3. The predicted molar refractivity (Wildman–Crippen MR) is 97.6 cm³/mol. The number of H-pyrrole nitrogens is 2. The summed E-state index contributed by atoms with van der Waals surface area (Å²) in [5.74, 6) is 0.101. The number of aryl methyl sites for hydroxylation is 1. The van der Waals surface area contributed by atoms with Crippen molar-refractivity contribution in [2.24, 2.45) is 0 Å². The van der Waals surface area contributed by atoms with E-state index in [0.717, 1.165) is 12.8 Å². The molecule has 3 aromatic rings. The number of rotatable bonds is 7. The van der Waals surface area contributed by atoms with Crippen molar-refractivity contribution in [2.45, 2.75) is 31.0 Å². The van der Waals surface area contributed by atoms with Gasteiger partial charge in [0.15, 0.2) is 16.3 Å². The molecule has 2 heterocycles. The molecular formula is C17H19N5O2S. The van der Waals surface area contributed by atoms with Crippen LogP contribution in [0.5, 0.6) is 0 Å². The van der Waals surface area contributed by atoms with Gasteiger partial charge < -0.3 is 10.3 Å². The maximum absolute atomic E-state index is 12.1. The monoisotopic (exact) mass is 357 g/mol. The van der Waals surface area contributed by atoms with Crippen LogP contribution in [0, 0.1) is 0 Å². The maximum Gasteiger partial charge on any atom is 0.277 e. The minimum absolute atomic E-state index is 0.0779. The molecule has 1 amide bonds. The quantitative estimate of drug-likeness (QED) is 0.442. The first kappa shape index (κ1) is 17.2. The summed E-state index contributed by atoms with van der Waals surface area (Å²) in [6.45, 7) is 1.99. The number of carbonyl (C=O) groups is 1. The minimum Gasteiger partial charge on any atom is -0.353 e. The number of aromatic amines is 2. The second-order valence-electron chi connectivity index (χ2n) is 5.75. The van der Waals surface area contributed by atoms with E-state index in [4.69, 9.17) is 0 Å². The Morgan fingerprint density at radius 3 is 2.92 bits per heavy atom. The van der Waals surface area contributed by atoms with E-state index in [2.05, 4.69) is 37.4 Å². The van der Waals surface area contributed by atoms with Crippen molar-refractivity contribution in [2.75, 3.05) is 5.75 Å². The second kappa shape index (κ2) is 7.98. The van der Waals surface area contributed by atoms with E-state index in [-0.39, 0.29) is 23.3 Å². The van der Waals surface area contributed by atoms with Gasteiger partial charge in [-0.15, -0.1) is 0 Å². The van der Waals surface area contributed by atoms with Crippen LogP contribution in [-0.4, -0.2) is 37.6 Å². The van der Waals surface area contributed by atoms with E-state index in [1.54, 1.807) is 0 Å². The molecule has 0 aliphatic rings. The Labute approximate surface area is 148 Å². The molecule has 1 atom stereocenters. The van der Waals surface area contributed by atoms with Crippen molar-refractivity contribution in [1.29, 1.82) is 0 Å². The smallest absolute Gasteiger partial charge is 0.277 e. The highest BCUT2D eigenvalue weighted by Crippen LogP contribution is 2.13. The van der Waals surface area contributed by atoms with Crippen molar-refractivity contribution >= 4 is 28.8 Å². The first-order chi connectivity index (χ1) is 12.1. The van der Waals surface area contributed by atoms with Gasteiger partial charge in [0.2, 0.25) is 5.91 Å². The normalized spacial score (nSPS) is 12.2. The Kier molecular flexibility index (Phi) is 5.49. The molecule has 3 N–H and O–H groups in total. The first-order valence-corrected chi connectivity index (χ1v) is 9.00. The van der Waals surface area contributed by atoms with Gasteiger partial charge in [-0.2, -0.15) is 0 Å². The van der Waals surface area contributed by atoms with Crippen LogP contribution in [0.4, 0.5) is 0 Å². The molecule has 0 saturated heterocycles. The van der Waals surface area contributed by atoms with Gasteiger partial charge in [0.25, 0.3) is 5.56 Å². The molecular weight excluding hydrogens is 338 g/mol. The summed E-state index contributed by atoms with van der Waals surface area (Å²) in [7, 11) is 0.